The Kier molecular flexibility index (Phi) is 3.97. The maximum atomic E-state index is 12.9. The number of carbonyl (C=O) groups excluding carboxylic acids is 1. The summed E-state index contributed by atoms with van der Waals surface area (Å²) in [5.41, 5.74) is 7.54. The molecule has 1 amide bonds. The molecule has 0 radical (unpaired) electrons. The van der Waals surface area contributed by atoms with Crippen LogP contribution in [0.25, 0.3) is 0 Å². The number of nitrogens with zero attached hydrogens (tertiary/aromatic N) is 1. The number of thiophene rings is 1. The summed E-state index contributed by atoms with van der Waals surface area (Å²) in [6, 6.07) is 12.1. The number of rotatable bonds is 3. The second-order valence-corrected chi connectivity index (χ2v) is 6.58. The third-order valence-electron chi connectivity index (χ3n) is 4.19. The first-order chi connectivity index (χ1) is 10.2. The Balaban J connectivity index is 1.81. The van der Waals surface area contributed by atoms with E-state index in [4.69, 9.17) is 5.73 Å². The van der Waals surface area contributed by atoms with Crippen molar-refractivity contribution in [1.82, 2.24) is 4.90 Å². The van der Waals surface area contributed by atoms with Crippen molar-refractivity contribution in [3.8, 4) is 0 Å². The van der Waals surface area contributed by atoms with E-state index in [9.17, 15) is 4.79 Å². The van der Waals surface area contributed by atoms with Gasteiger partial charge in [0.25, 0.3) is 0 Å². The normalized spacial score (nSPS) is 19.7. The van der Waals surface area contributed by atoms with Gasteiger partial charge in [-0.1, -0.05) is 18.2 Å². The molecular formula is C17H20N2OS. The van der Waals surface area contributed by atoms with Gasteiger partial charge >= 0.3 is 0 Å². The van der Waals surface area contributed by atoms with Crippen LogP contribution in [0.15, 0.2) is 41.8 Å². The summed E-state index contributed by atoms with van der Waals surface area (Å²) in [7, 11) is 0. The van der Waals surface area contributed by atoms with Crippen LogP contribution in [-0.2, 0) is 4.79 Å². The standard InChI is InChI=1S/C17H20N2OS/c1-12(13-5-2-6-14(18)11-13)17(20)19-9-3-7-15(19)16-8-4-10-21-16/h2,4-6,8,10-12,15H,3,7,9,18H2,1H3. The average molecular weight is 300 g/mol. The summed E-state index contributed by atoms with van der Waals surface area (Å²) in [6.45, 7) is 2.83. The van der Waals surface area contributed by atoms with Crippen LogP contribution in [0.2, 0.25) is 0 Å². The summed E-state index contributed by atoms with van der Waals surface area (Å²) < 4.78 is 0. The Hall–Kier alpha value is -1.81. The smallest absolute Gasteiger partial charge is 0.230 e. The van der Waals surface area contributed by atoms with Crippen molar-refractivity contribution >= 4 is 22.9 Å². The Bertz CT molecular complexity index is 623. The Morgan fingerprint density at radius 2 is 2.24 bits per heavy atom. The SMILES string of the molecule is CC(C(=O)N1CCCC1c1cccs1)c1cccc(N)c1. The lowest BCUT2D eigenvalue weighted by molar-refractivity contribution is -0.133. The molecule has 2 atom stereocenters. The number of carbonyl (C=O) groups is 1. The summed E-state index contributed by atoms with van der Waals surface area (Å²) in [5, 5.41) is 2.08. The van der Waals surface area contributed by atoms with Gasteiger partial charge in [0.2, 0.25) is 5.91 Å². The summed E-state index contributed by atoms with van der Waals surface area (Å²) in [6.07, 6.45) is 2.15. The van der Waals surface area contributed by atoms with Gasteiger partial charge in [0, 0.05) is 17.1 Å². The minimum Gasteiger partial charge on any atom is -0.399 e. The fourth-order valence-corrected chi connectivity index (χ4v) is 3.90. The van der Waals surface area contributed by atoms with Crippen LogP contribution in [0.5, 0.6) is 0 Å². The van der Waals surface area contributed by atoms with E-state index in [0.29, 0.717) is 5.69 Å². The van der Waals surface area contributed by atoms with E-state index < -0.39 is 0 Å². The number of likely N-dealkylation sites (tertiary alicyclic amines) is 1. The quantitative estimate of drug-likeness (QED) is 0.876. The predicted molar refractivity (Wildman–Crippen MR) is 87.3 cm³/mol. The van der Waals surface area contributed by atoms with E-state index in [-0.39, 0.29) is 17.9 Å². The third kappa shape index (κ3) is 2.81. The number of hydrogen-bond donors (Lipinski definition) is 1. The molecule has 0 saturated carbocycles. The second kappa shape index (κ2) is 5.90. The zero-order chi connectivity index (χ0) is 14.8. The number of amides is 1. The van der Waals surface area contributed by atoms with Gasteiger partial charge in [-0.05, 0) is 48.9 Å². The molecule has 0 spiro atoms. The highest BCUT2D eigenvalue weighted by atomic mass is 32.1. The highest BCUT2D eigenvalue weighted by Crippen LogP contribution is 2.36. The minimum absolute atomic E-state index is 0.144. The molecule has 2 aromatic rings. The largest absolute Gasteiger partial charge is 0.399 e. The average Bonchev–Trinajstić information content (AvgIpc) is 3.16. The number of nitrogen functional groups attached to an aromatic ring is 1. The summed E-state index contributed by atoms with van der Waals surface area (Å²) in [4.78, 5) is 16.2. The number of nitrogens with two attached hydrogens (primary N) is 1. The van der Waals surface area contributed by atoms with Crippen molar-refractivity contribution < 1.29 is 4.79 Å². The highest BCUT2D eigenvalue weighted by Gasteiger charge is 2.33. The maximum absolute atomic E-state index is 12.9. The van der Waals surface area contributed by atoms with E-state index >= 15 is 0 Å². The van der Waals surface area contributed by atoms with Gasteiger partial charge in [0.05, 0.1) is 12.0 Å². The first kappa shape index (κ1) is 14.1. The van der Waals surface area contributed by atoms with Crippen molar-refractivity contribution in [2.24, 2.45) is 0 Å². The first-order valence-electron chi connectivity index (χ1n) is 7.36. The Morgan fingerprint density at radius 3 is 2.95 bits per heavy atom. The van der Waals surface area contributed by atoms with Crippen molar-refractivity contribution in [2.45, 2.75) is 31.7 Å². The Labute approximate surface area is 129 Å². The van der Waals surface area contributed by atoms with Gasteiger partial charge in [-0.3, -0.25) is 4.79 Å². The lowest BCUT2D eigenvalue weighted by Gasteiger charge is -2.27. The van der Waals surface area contributed by atoms with Crippen LogP contribution in [0.3, 0.4) is 0 Å². The molecular weight excluding hydrogens is 280 g/mol. The van der Waals surface area contributed by atoms with Gasteiger partial charge in [0.1, 0.15) is 0 Å². The molecule has 1 aromatic heterocycles. The van der Waals surface area contributed by atoms with Gasteiger partial charge in [-0.25, -0.2) is 0 Å². The fraction of sp³-hybridized carbons (Fsp3) is 0.353. The van der Waals surface area contributed by atoms with Gasteiger partial charge < -0.3 is 10.6 Å². The van der Waals surface area contributed by atoms with Crippen molar-refractivity contribution in [1.29, 1.82) is 0 Å². The van der Waals surface area contributed by atoms with Crippen LogP contribution >= 0.6 is 11.3 Å². The zero-order valence-electron chi connectivity index (χ0n) is 12.2. The monoisotopic (exact) mass is 300 g/mol. The van der Waals surface area contributed by atoms with Crippen LogP contribution < -0.4 is 5.73 Å². The van der Waals surface area contributed by atoms with Crippen molar-refractivity contribution in [3.63, 3.8) is 0 Å². The molecule has 21 heavy (non-hydrogen) atoms. The lowest BCUT2D eigenvalue weighted by atomic mass is 9.98. The second-order valence-electron chi connectivity index (χ2n) is 5.60. The predicted octanol–water partition coefficient (Wildman–Crippen LogP) is 3.80. The third-order valence-corrected chi connectivity index (χ3v) is 5.16. The molecule has 1 fully saturated rings. The topological polar surface area (TPSA) is 46.3 Å². The van der Waals surface area contributed by atoms with Gasteiger partial charge in [0.15, 0.2) is 0 Å². The molecule has 110 valence electrons. The van der Waals surface area contributed by atoms with Crippen LogP contribution in [0.1, 0.15) is 42.2 Å². The number of benzene rings is 1. The molecule has 0 bridgehead atoms. The molecule has 2 heterocycles. The van der Waals surface area contributed by atoms with Crippen molar-refractivity contribution in [3.05, 3.63) is 52.2 Å². The maximum Gasteiger partial charge on any atom is 0.230 e. The van der Waals surface area contributed by atoms with E-state index in [1.165, 1.54) is 4.88 Å². The van der Waals surface area contributed by atoms with Gasteiger partial charge in [-0.15, -0.1) is 11.3 Å². The molecule has 4 heteroatoms. The van der Waals surface area contributed by atoms with Gasteiger partial charge in [-0.2, -0.15) is 0 Å². The van der Waals surface area contributed by atoms with E-state index in [2.05, 4.69) is 17.5 Å². The molecule has 1 aliphatic heterocycles. The van der Waals surface area contributed by atoms with Crippen LogP contribution in [-0.4, -0.2) is 17.4 Å². The fourth-order valence-electron chi connectivity index (χ4n) is 3.03. The lowest BCUT2D eigenvalue weighted by Crippen LogP contribution is -2.33. The summed E-state index contributed by atoms with van der Waals surface area (Å²) >= 11 is 1.74. The number of hydrogen-bond acceptors (Lipinski definition) is 3. The zero-order valence-corrected chi connectivity index (χ0v) is 13.0. The van der Waals surface area contributed by atoms with Crippen LogP contribution in [0.4, 0.5) is 5.69 Å². The first-order valence-corrected chi connectivity index (χ1v) is 8.24. The van der Waals surface area contributed by atoms with E-state index in [1.54, 1.807) is 11.3 Å². The molecule has 1 aromatic carbocycles. The molecule has 2 unspecified atom stereocenters. The minimum atomic E-state index is -0.144. The molecule has 1 saturated heterocycles. The molecule has 0 aliphatic carbocycles. The molecule has 2 N–H and O–H groups in total. The van der Waals surface area contributed by atoms with Crippen LogP contribution in [0, 0.1) is 0 Å². The van der Waals surface area contributed by atoms with Crippen molar-refractivity contribution in [2.75, 3.05) is 12.3 Å². The molecule has 3 nitrogen and oxygen atoms in total. The number of anilines is 1. The molecule has 1 aliphatic rings. The highest BCUT2D eigenvalue weighted by molar-refractivity contribution is 7.10. The summed E-state index contributed by atoms with van der Waals surface area (Å²) in [5.74, 6) is 0.0607. The molecule has 3 rings (SSSR count). The van der Waals surface area contributed by atoms with E-state index in [0.717, 1.165) is 24.9 Å². The Morgan fingerprint density at radius 1 is 1.38 bits per heavy atom. The van der Waals surface area contributed by atoms with E-state index in [1.807, 2.05) is 36.1 Å².